The molecular weight excluding hydrogens is 134 g/mol. The molecule has 0 aromatic rings. The molecule has 0 saturated carbocycles. The van der Waals surface area contributed by atoms with E-state index in [-0.39, 0.29) is 0 Å². The van der Waals surface area contributed by atoms with E-state index < -0.39 is 0 Å². The molecule has 0 saturated heterocycles. The lowest BCUT2D eigenvalue weighted by Crippen LogP contribution is -2.06. The lowest BCUT2D eigenvalue weighted by atomic mass is 10.3. The zero-order valence-corrected chi connectivity index (χ0v) is 7.22. The first-order valence-corrected chi connectivity index (χ1v) is 3.61. The Labute approximate surface area is 68.8 Å². The molecule has 0 fully saturated rings. The Hall–Kier alpha value is -1.24. The zero-order chi connectivity index (χ0) is 8.69. The van der Waals surface area contributed by atoms with E-state index in [0.29, 0.717) is 0 Å². The van der Waals surface area contributed by atoms with E-state index in [1.807, 2.05) is 38.2 Å². The van der Waals surface area contributed by atoms with Gasteiger partial charge in [-0.15, -0.1) is 0 Å². The van der Waals surface area contributed by atoms with Crippen LogP contribution < -0.4 is 5.32 Å². The standard InChI is InChI=1S/C10H15N/c1-5-7-9(3)11-10(4)8-6-2/h5-8,11H,3-4H2,1-2H3/b7-5-,8-6-. The third-order valence-electron chi connectivity index (χ3n) is 1.06. The van der Waals surface area contributed by atoms with Gasteiger partial charge in [-0.25, -0.2) is 0 Å². The van der Waals surface area contributed by atoms with Gasteiger partial charge in [-0.3, -0.25) is 0 Å². The molecule has 1 heteroatoms. The molecule has 0 aliphatic carbocycles. The van der Waals surface area contributed by atoms with E-state index >= 15 is 0 Å². The minimum atomic E-state index is 0.857. The van der Waals surface area contributed by atoms with Gasteiger partial charge in [0.2, 0.25) is 0 Å². The summed E-state index contributed by atoms with van der Waals surface area (Å²) in [5.41, 5.74) is 1.71. The molecule has 0 rings (SSSR count). The Bertz CT molecular complexity index is 175. The zero-order valence-electron chi connectivity index (χ0n) is 7.22. The number of allylic oxidation sites excluding steroid dienone is 4. The number of hydrogen-bond acceptors (Lipinski definition) is 1. The molecule has 0 aliphatic heterocycles. The van der Waals surface area contributed by atoms with Crippen LogP contribution in [-0.2, 0) is 0 Å². The van der Waals surface area contributed by atoms with E-state index in [1.165, 1.54) is 0 Å². The van der Waals surface area contributed by atoms with Gasteiger partial charge in [0.15, 0.2) is 0 Å². The number of hydrogen-bond donors (Lipinski definition) is 1. The molecule has 0 amide bonds. The fraction of sp³-hybridized carbons (Fsp3) is 0.200. The van der Waals surface area contributed by atoms with E-state index in [2.05, 4.69) is 18.5 Å². The monoisotopic (exact) mass is 149 g/mol. The summed E-state index contributed by atoms with van der Waals surface area (Å²) in [7, 11) is 0. The molecule has 0 aliphatic rings. The second-order valence-corrected chi connectivity index (χ2v) is 2.18. The van der Waals surface area contributed by atoms with Crippen LogP contribution in [0, 0.1) is 0 Å². The smallest absolute Gasteiger partial charge is 0.0307 e. The molecule has 60 valence electrons. The topological polar surface area (TPSA) is 12.0 Å². The highest BCUT2D eigenvalue weighted by atomic mass is 14.9. The van der Waals surface area contributed by atoms with Gasteiger partial charge in [0.1, 0.15) is 0 Å². The second kappa shape index (κ2) is 5.54. The van der Waals surface area contributed by atoms with Crippen LogP contribution in [0.25, 0.3) is 0 Å². The largest absolute Gasteiger partial charge is 0.357 e. The molecule has 0 aromatic carbocycles. The molecule has 0 spiro atoms. The van der Waals surface area contributed by atoms with E-state index in [1.54, 1.807) is 0 Å². The van der Waals surface area contributed by atoms with Crippen molar-refractivity contribution in [2.24, 2.45) is 0 Å². The molecule has 0 bridgehead atoms. The molecule has 0 aromatic heterocycles. The Morgan fingerprint density at radius 1 is 1.00 bits per heavy atom. The maximum Gasteiger partial charge on any atom is 0.0307 e. The van der Waals surface area contributed by atoms with Crippen molar-refractivity contribution in [2.45, 2.75) is 13.8 Å². The van der Waals surface area contributed by atoms with Crippen LogP contribution in [0.2, 0.25) is 0 Å². The predicted molar refractivity (Wildman–Crippen MR) is 51.0 cm³/mol. The van der Waals surface area contributed by atoms with Crippen molar-refractivity contribution in [3.05, 3.63) is 48.9 Å². The predicted octanol–water partition coefficient (Wildman–Crippen LogP) is 2.76. The summed E-state index contributed by atoms with van der Waals surface area (Å²) in [6.45, 7) is 11.4. The summed E-state index contributed by atoms with van der Waals surface area (Å²) in [6.07, 6.45) is 7.65. The van der Waals surface area contributed by atoms with Gasteiger partial charge in [0.25, 0.3) is 0 Å². The SMILES string of the molecule is C=C(/C=C\C)NC(=C)/C=C\C. The average molecular weight is 149 g/mol. The van der Waals surface area contributed by atoms with Crippen molar-refractivity contribution in [1.29, 1.82) is 0 Å². The Morgan fingerprint density at radius 3 is 1.64 bits per heavy atom. The van der Waals surface area contributed by atoms with Gasteiger partial charge >= 0.3 is 0 Å². The Balaban J connectivity index is 3.85. The number of nitrogens with one attached hydrogen (secondary N) is 1. The van der Waals surface area contributed by atoms with Crippen molar-refractivity contribution >= 4 is 0 Å². The fourth-order valence-corrected chi connectivity index (χ4v) is 0.692. The first-order valence-electron chi connectivity index (χ1n) is 3.61. The summed E-state index contributed by atoms with van der Waals surface area (Å²) in [4.78, 5) is 0. The van der Waals surface area contributed by atoms with Gasteiger partial charge in [-0.2, -0.15) is 0 Å². The Kier molecular flexibility index (Phi) is 4.91. The van der Waals surface area contributed by atoms with Gasteiger partial charge in [0, 0.05) is 11.4 Å². The quantitative estimate of drug-likeness (QED) is 0.606. The average Bonchev–Trinajstić information content (AvgIpc) is 1.87. The van der Waals surface area contributed by atoms with Gasteiger partial charge < -0.3 is 5.32 Å². The number of rotatable bonds is 4. The second-order valence-electron chi connectivity index (χ2n) is 2.18. The van der Waals surface area contributed by atoms with Crippen molar-refractivity contribution in [1.82, 2.24) is 5.32 Å². The first-order chi connectivity index (χ1) is 5.20. The first kappa shape index (κ1) is 9.76. The van der Waals surface area contributed by atoms with Crippen molar-refractivity contribution < 1.29 is 0 Å². The highest BCUT2D eigenvalue weighted by molar-refractivity contribution is 5.22. The summed E-state index contributed by atoms with van der Waals surface area (Å²) < 4.78 is 0. The van der Waals surface area contributed by atoms with Crippen LogP contribution in [0.3, 0.4) is 0 Å². The summed E-state index contributed by atoms with van der Waals surface area (Å²) >= 11 is 0. The maximum absolute atomic E-state index is 3.77. The summed E-state index contributed by atoms with van der Waals surface area (Å²) in [6, 6.07) is 0. The van der Waals surface area contributed by atoms with Crippen molar-refractivity contribution in [2.75, 3.05) is 0 Å². The normalized spacial score (nSPS) is 10.7. The summed E-state index contributed by atoms with van der Waals surface area (Å²) in [5, 5.41) is 3.02. The minimum absolute atomic E-state index is 0.857. The molecule has 11 heavy (non-hydrogen) atoms. The molecular formula is C10H15N. The molecule has 0 heterocycles. The Morgan fingerprint density at radius 2 is 1.36 bits per heavy atom. The van der Waals surface area contributed by atoms with Crippen molar-refractivity contribution in [3.63, 3.8) is 0 Å². The van der Waals surface area contributed by atoms with Crippen LogP contribution in [0.5, 0.6) is 0 Å². The highest BCUT2D eigenvalue weighted by Gasteiger charge is 1.85. The molecule has 0 unspecified atom stereocenters. The highest BCUT2D eigenvalue weighted by Crippen LogP contribution is 1.94. The van der Waals surface area contributed by atoms with Gasteiger partial charge in [0.05, 0.1) is 0 Å². The molecule has 1 nitrogen and oxygen atoms in total. The van der Waals surface area contributed by atoms with E-state index in [0.717, 1.165) is 11.4 Å². The van der Waals surface area contributed by atoms with Gasteiger partial charge in [-0.1, -0.05) is 25.3 Å². The third kappa shape index (κ3) is 5.22. The van der Waals surface area contributed by atoms with Gasteiger partial charge in [-0.05, 0) is 26.0 Å². The van der Waals surface area contributed by atoms with Crippen LogP contribution in [0.4, 0.5) is 0 Å². The molecule has 0 atom stereocenters. The lowest BCUT2D eigenvalue weighted by molar-refractivity contribution is 1.06. The van der Waals surface area contributed by atoms with Crippen LogP contribution in [0.15, 0.2) is 48.9 Å². The molecule has 0 radical (unpaired) electrons. The van der Waals surface area contributed by atoms with E-state index in [9.17, 15) is 0 Å². The van der Waals surface area contributed by atoms with E-state index in [4.69, 9.17) is 0 Å². The fourth-order valence-electron chi connectivity index (χ4n) is 0.692. The third-order valence-corrected chi connectivity index (χ3v) is 1.06. The lowest BCUT2D eigenvalue weighted by Gasteiger charge is -2.03. The van der Waals surface area contributed by atoms with Crippen molar-refractivity contribution in [3.8, 4) is 0 Å². The van der Waals surface area contributed by atoms with Crippen LogP contribution in [-0.4, -0.2) is 0 Å². The van der Waals surface area contributed by atoms with Crippen LogP contribution in [0.1, 0.15) is 13.8 Å². The molecule has 1 N–H and O–H groups in total. The maximum atomic E-state index is 3.77. The summed E-state index contributed by atoms with van der Waals surface area (Å²) in [5.74, 6) is 0. The minimum Gasteiger partial charge on any atom is -0.357 e. The van der Waals surface area contributed by atoms with Crippen LogP contribution >= 0.6 is 0 Å².